The molecule has 5 nitrogen and oxygen atoms in total. The van der Waals surface area contributed by atoms with E-state index in [1.54, 1.807) is 11.8 Å². The number of hydrogen-bond donors (Lipinski definition) is 1. The van der Waals surface area contributed by atoms with E-state index in [0.29, 0.717) is 24.6 Å². The molecule has 0 aliphatic carbocycles. The smallest absolute Gasteiger partial charge is 0.323 e. The van der Waals surface area contributed by atoms with Gasteiger partial charge in [-0.15, -0.1) is 11.8 Å². The molecule has 1 atom stereocenters. The molecule has 34 heavy (non-hydrogen) atoms. The van der Waals surface area contributed by atoms with E-state index in [4.69, 9.17) is 4.74 Å². The lowest BCUT2D eigenvalue weighted by molar-refractivity contribution is 0.194. The van der Waals surface area contributed by atoms with Gasteiger partial charge in [-0.1, -0.05) is 42.5 Å². The number of urea groups is 1. The highest BCUT2D eigenvalue weighted by molar-refractivity contribution is 7.98. The van der Waals surface area contributed by atoms with Gasteiger partial charge >= 0.3 is 6.03 Å². The Bertz CT molecular complexity index is 1300. The number of nitrogens with zero attached hydrogens (tertiary/aromatic N) is 2. The van der Waals surface area contributed by atoms with E-state index in [1.165, 1.54) is 4.90 Å². The van der Waals surface area contributed by atoms with Gasteiger partial charge in [-0.05, 0) is 66.8 Å². The normalized spacial score (nSPS) is 14.6. The molecule has 1 aromatic heterocycles. The highest BCUT2D eigenvalue weighted by Crippen LogP contribution is 2.38. The van der Waals surface area contributed by atoms with Gasteiger partial charge in [0.15, 0.2) is 0 Å². The van der Waals surface area contributed by atoms with Crippen LogP contribution in [0.25, 0.3) is 5.69 Å². The average Bonchev–Trinajstić information content (AvgIpc) is 3.30. The first-order chi connectivity index (χ1) is 16.7. The van der Waals surface area contributed by atoms with Gasteiger partial charge in [0.05, 0.1) is 30.6 Å². The molecule has 5 rings (SSSR count). The maximum atomic E-state index is 13.9. The van der Waals surface area contributed by atoms with Crippen molar-refractivity contribution in [3.63, 3.8) is 0 Å². The Morgan fingerprint density at radius 3 is 2.56 bits per heavy atom. The van der Waals surface area contributed by atoms with Crippen molar-refractivity contribution in [1.29, 1.82) is 0 Å². The summed E-state index contributed by atoms with van der Waals surface area (Å²) in [5, 5.41) is 3.12. The van der Waals surface area contributed by atoms with Gasteiger partial charge in [0.1, 0.15) is 5.75 Å². The minimum absolute atomic E-state index is 0.171. The highest BCUT2D eigenvalue weighted by atomic mass is 32.2. The molecule has 0 spiro atoms. The molecule has 0 radical (unpaired) electrons. The summed E-state index contributed by atoms with van der Waals surface area (Å²) in [6.45, 7) is 2.95. The molecule has 0 bridgehead atoms. The van der Waals surface area contributed by atoms with Crippen molar-refractivity contribution in [1.82, 2.24) is 9.47 Å². The maximum Gasteiger partial charge on any atom is 0.323 e. The Hall–Kier alpha value is -3.64. The number of benzene rings is 3. The van der Waals surface area contributed by atoms with E-state index < -0.39 is 0 Å². The fraction of sp³-hybridized carbons (Fsp3) is 0.179. The molecule has 6 heteroatoms. The van der Waals surface area contributed by atoms with Crippen molar-refractivity contribution in [2.24, 2.45) is 0 Å². The van der Waals surface area contributed by atoms with Gasteiger partial charge in [-0.3, -0.25) is 0 Å². The molecule has 0 fully saturated rings. The van der Waals surface area contributed by atoms with Crippen molar-refractivity contribution in [3.8, 4) is 11.4 Å². The molecule has 1 aliphatic rings. The lowest BCUT2D eigenvalue weighted by Gasteiger charge is -2.31. The molecule has 1 N–H and O–H groups in total. The van der Waals surface area contributed by atoms with Crippen LogP contribution in [0.15, 0.2) is 96.0 Å². The van der Waals surface area contributed by atoms with Crippen LogP contribution in [0.3, 0.4) is 0 Å². The molecule has 172 valence electrons. The summed E-state index contributed by atoms with van der Waals surface area (Å²) in [6.07, 6.45) is 4.14. The van der Waals surface area contributed by atoms with E-state index in [1.807, 2.05) is 54.3 Å². The van der Waals surface area contributed by atoms with Gasteiger partial charge < -0.3 is 19.5 Å². The van der Waals surface area contributed by atoms with Crippen molar-refractivity contribution < 1.29 is 9.53 Å². The maximum absolute atomic E-state index is 13.9. The monoisotopic (exact) mass is 469 g/mol. The number of carbonyl (C=O) groups excluding carboxylic acids is 1. The quantitative estimate of drug-likeness (QED) is 0.330. The first-order valence-electron chi connectivity index (χ1n) is 11.4. The molecule has 0 saturated carbocycles. The van der Waals surface area contributed by atoms with E-state index in [2.05, 4.69) is 64.8 Å². The van der Waals surface area contributed by atoms with Crippen LogP contribution in [-0.2, 0) is 6.54 Å². The number of anilines is 1. The number of fused-ring (bicyclic) bond motifs is 3. The first kappa shape index (κ1) is 22.2. The van der Waals surface area contributed by atoms with Gasteiger partial charge in [0, 0.05) is 16.8 Å². The van der Waals surface area contributed by atoms with Gasteiger partial charge in [-0.25, -0.2) is 4.79 Å². The van der Waals surface area contributed by atoms with E-state index >= 15 is 0 Å². The molecule has 0 saturated heterocycles. The Kier molecular flexibility index (Phi) is 6.32. The molecule has 3 aromatic carbocycles. The summed E-state index contributed by atoms with van der Waals surface area (Å²) in [7, 11) is 0. The predicted octanol–water partition coefficient (Wildman–Crippen LogP) is 6.74. The number of nitrogens with one attached hydrogen (secondary N) is 1. The van der Waals surface area contributed by atoms with Crippen molar-refractivity contribution in [2.45, 2.75) is 24.4 Å². The summed E-state index contributed by atoms with van der Waals surface area (Å²) in [4.78, 5) is 17.0. The number of carbonyl (C=O) groups is 1. The van der Waals surface area contributed by atoms with Crippen molar-refractivity contribution in [3.05, 3.63) is 108 Å². The zero-order valence-electron chi connectivity index (χ0n) is 19.3. The number of rotatable bonds is 5. The van der Waals surface area contributed by atoms with Crippen molar-refractivity contribution in [2.75, 3.05) is 18.2 Å². The van der Waals surface area contributed by atoms with Gasteiger partial charge in [0.25, 0.3) is 0 Å². The van der Waals surface area contributed by atoms with Crippen LogP contribution < -0.4 is 10.1 Å². The van der Waals surface area contributed by atoms with Crippen LogP contribution in [0.5, 0.6) is 5.75 Å². The molecule has 0 unspecified atom stereocenters. The summed E-state index contributed by atoms with van der Waals surface area (Å²) in [5.74, 6) is 0.665. The third-order valence-electron chi connectivity index (χ3n) is 6.08. The topological polar surface area (TPSA) is 46.5 Å². The van der Waals surface area contributed by atoms with E-state index in [-0.39, 0.29) is 12.1 Å². The van der Waals surface area contributed by atoms with Crippen LogP contribution >= 0.6 is 11.8 Å². The highest BCUT2D eigenvalue weighted by Gasteiger charge is 2.33. The van der Waals surface area contributed by atoms with Crippen LogP contribution in [0, 0.1) is 0 Å². The summed E-state index contributed by atoms with van der Waals surface area (Å²) in [5.41, 5.74) is 4.97. The van der Waals surface area contributed by atoms with Crippen LogP contribution in [-0.4, -0.2) is 28.4 Å². The largest absolute Gasteiger partial charge is 0.492 e. The SMILES string of the molecule is CCOc1ccccc1NC(=O)N1Cc2ccccc2-n2cccc2[C@@H]1c1ccc(SC)cc1. The molecule has 2 amide bonds. The number of para-hydroxylation sites is 3. The Morgan fingerprint density at radius 2 is 1.76 bits per heavy atom. The van der Waals surface area contributed by atoms with Crippen LogP contribution in [0.2, 0.25) is 0 Å². The Morgan fingerprint density at radius 1 is 1.00 bits per heavy atom. The lowest BCUT2D eigenvalue weighted by atomic mass is 10.0. The first-order valence-corrected chi connectivity index (χ1v) is 12.6. The molecular formula is C28H27N3O2S. The third-order valence-corrected chi connectivity index (χ3v) is 6.83. The Labute approximate surface area is 204 Å². The lowest BCUT2D eigenvalue weighted by Crippen LogP contribution is -2.38. The number of hydrogen-bond acceptors (Lipinski definition) is 3. The fourth-order valence-corrected chi connectivity index (χ4v) is 4.92. The third kappa shape index (κ3) is 4.17. The van der Waals surface area contributed by atoms with Crippen molar-refractivity contribution >= 4 is 23.5 Å². The molecular weight excluding hydrogens is 442 g/mol. The number of thioether (sulfide) groups is 1. The molecule has 4 aromatic rings. The van der Waals surface area contributed by atoms with E-state index in [0.717, 1.165) is 22.5 Å². The second-order valence-corrected chi connectivity index (χ2v) is 8.97. The fourth-order valence-electron chi connectivity index (χ4n) is 4.51. The summed E-state index contributed by atoms with van der Waals surface area (Å²) < 4.78 is 7.95. The van der Waals surface area contributed by atoms with Gasteiger partial charge in [0.2, 0.25) is 0 Å². The molecule has 1 aliphatic heterocycles. The zero-order valence-corrected chi connectivity index (χ0v) is 20.1. The van der Waals surface area contributed by atoms with Crippen LogP contribution in [0.4, 0.5) is 10.5 Å². The number of aromatic nitrogens is 1. The minimum Gasteiger partial charge on any atom is -0.492 e. The number of amides is 2. The standard InChI is InChI=1S/C28H27N3O2S/c1-3-33-26-13-7-5-10-23(26)29-28(32)31-19-21-9-4-6-11-24(21)30-18-8-12-25(30)27(31)20-14-16-22(34-2)17-15-20/h4-18,27H,3,19H2,1-2H3,(H,29,32)/t27-/m0/s1. The average molecular weight is 470 g/mol. The summed E-state index contributed by atoms with van der Waals surface area (Å²) >= 11 is 1.71. The second-order valence-electron chi connectivity index (χ2n) is 8.09. The molecule has 2 heterocycles. The predicted molar refractivity (Wildman–Crippen MR) is 138 cm³/mol. The van der Waals surface area contributed by atoms with Crippen LogP contribution in [0.1, 0.15) is 29.8 Å². The minimum atomic E-state index is -0.252. The van der Waals surface area contributed by atoms with E-state index in [9.17, 15) is 4.79 Å². The zero-order chi connectivity index (χ0) is 23.5. The second kappa shape index (κ2) is 9.69. The number of ether oxygens (including phenoxy) is 1. The van der Waals surface area contributed by atoms with Gasteiger partial charge in [-0.2, -0.15) is 0 Å². The Balaban J connectivity index is 1.60. The summed E-state index contributed by atoms with van der Waals surface area (Å²) in [6, 6.07) is 28.0.